The van der Waals surface area contributed by atoms with Gasteiger partial charge in [0.25, 0.3) is 0 Å². The smallest absolute Gasteiger partial charge is 0.181 e. The zero-order valence-corrected chi connectivity index (χ0v) is 12.0. The monoisotopic (exact) mass is 280 g/mol. The summed E-state index contributed by atoms with van der Waals surface area (Å²) in [7, 11) is 3.48. The van der Waals surface area contributed by atoms with E-state index in [1.165, 1.54) is 0 Å². The molecule has 0 aliphatic rings. The van der Waals surface area contributed by atoms with E-state index in [0.29, 0.717) is 12.4 Å². The third kappa shape index (κ3) is 2.68. The Morgan fingerprint density at radius 2 is 2.00 bits per heavy atom. The number of nitrogens with zero attached hydrogens (tertiary/aromatic N) is 3. The Morgan fingerprint density at radius 3 is 2.81 bits per heavy atom. The lowest BCUT2D eigenvalue weighted by Gasteiger charge is -2.09. The molecule has 2 heterocycles. The van der Waals surface area contributed by atoms with Crippen LogP contribution in [0.5, 0.6) is 0 Å². The zero-order valence-electron chi connectivity index (χ0n) is 12.0. The first-order valence-electron chi connectivity index (χ1n) is 6.70. The van der Waals surface area contributed by atoms with Crippen molar-refractivity contribution in [3.05, 3.63) is 48.3 Å². The highest BCUT2D eigenvalue weighted by Crippen LogP contribution is 2.25. The first-order valence-corrected chi connectivity index (χ1v) is 6.70. The molecule has 0 aliphatic heterocycles. The van der Waals surface area contributed by atoms with E-state index in [1.807, 2.05) is 37.4 Å². The highest BCUT2D eigenvalue weighted by molar-refractivity contribution is 5.92. The number of rotatable bonds is 4. The van der Waals surface area contributed by atoms with Crippen molar-refractivity contribution in [2.24, 2.45) is 0 Å². The standard InChI is InChI=1S/C16H16N4O/c1-17-14-9-12(10-21-2)19-16(20-14)15-13-6-4-3-5-11(13)7-8-18-15/h3-9H,10H2,1-2H3,(H,17,19,20). The Kier molecular flexibility index (Phi) is 3.75. The van der Waals surface area contributed by atoms with Crippen LogP contribution in [0.3, 0.4) is 0 Å². The molecular formula is C16H16N4O. The summed E-state index contributed by atoms with van der Waals surface area (Å²) in [5.74, 6) is 1.35. The summed E-state index contributed by atoms with van der Waals surface area (Å²) in [6, 6.07) is 11.9. The van der Waals surface area contributed by atoms with Gasteiger partial charge in [-0.05, 0) is 11.5 Å². The Morgan fingerprint density at radius 1 is 1.14 bits per heavy atom. The lowest BCUT2D eigenvalue weighted by atomic mass is 10.1. The molecule has 5 heteroatoms. The van der Waals surface area contributed by atoms with Gasteiger partial charge in [-0.2, -0.15) is 0 Å². The molecule has 3 aromatic rings. The van der Waals surface area contributed by atoms with Crippen LogP contribution in [0.15, 0.2) is 42.6 Å². The topological polar surface area (TPSA) is 59.9 Å². The molecule has 2 aromatic heterocycles. The van der Waals surface area contributed by atoms with Gasteiger partial charge in [-0.15, -0.1) is 0 Å². The molecule has 21 heavy (non-hydrogen) atoms. The second-order valence-electron chi connectivity index (χ2n) is 4.63. The molecule has 0 unspecified atom stereocenters. The van der Waals surface area contributed by atoms with Gasteiger partial charge in [-0.3, -0.25) is 4.98 Å². The molecule has 0 saturated carbocycles. The molecule has 0 atom stereocenters. The van der Waals surface area contributed by atoms with Crippen LogP contribution in [0.25, 0.3) is 22.3 Å². The fraction of sp³-hybridized carbons (Fsp3) is 0.188. The molecule has 3 rings (SSSR count). The Labute approximate surface area is 123 Å². The number of aromatic nitrogens is 3. The van der Waals surface area contributed by atoms with E-state index in [1.54, 1.807) is 13.3 Å². The van der Waals surface area contributed by atoms with Crippen molar-refractivity contribution in [3.8, 4) is 11.5 Å². The SMILES string of the molecule is CNc1cc(COC)nc(-c2nccc3ccccc23)n1. The van der Waals surface area contributed by atoms with Crippen LogP contribution in [0.1, 0.15) is 5.69 Å². The fourth-order valence-corrected chi connectivity index (χ4v) is 2.25. The molecule has 0 saturated heterocycles. The van der Waals surface area contributed by atoms with Crippen LogP contribution in [0.4, 0.5) is 5.82 Å². The average Bonchev–Trinajstić information content (AvgIpc) is 2.54. The van der Waals surface area contributed by atoms with E-state index in [4.69, 9.17) is 4.74 Å². The molecule has 0 radical (unpaired) electrons. The Bertz CT molecular complexity index is 768. The summed E-state index contributed by atoms with van der Waals surface area (Å²) in [5, 5.41) is 5.21. The second kappa shape index (κ2) is 5.85. The van der Waals surface area contributed by atoms with Gasteiger partial charge in [0.05, 0.1) is 12.3 Å². The molecule has 0 bridgehead atoms. The van der Waals surface area contributed by atoms with Gasteiger partial charge in [-0.1, -0.05) is 24.3 Å². The lowest BCUT2D eigenvalue weighted by Crippen LogP contribution is -2.03. The maximum atomic E-state index is 5.17. The number of hydrogen-bond acceptors (Lipinski definition) is 5. The normalized spacial score (nSPS) is 10.8. The maximum Gasteiger partial charge on any atom is 0.181 e. The number of fused-ring (bicyclic) bond motifs is 1. The first kappa shape index (κ1) is 13.5. The van der Waals surface area contributed by atoms with Crippen LogP contribution in [-0.4, -0.2) is 29.1 Å². The summed E-state index contributed by atoms with van der Waals surface area (Å²) < 4.78 is 5.17. The minimum atomic E-state index is 0.439. The third-order valence-corrected chi connectivity index (χ3v) is 3.21. The van der Waals surface area contributed by atoms with Crippen LogP contribution < -0.4 is 5.32 Å². The molecule has 106 valence electrons. The van der Waals surface area contributed by atoms with Crippen molar-refractivity contribution in [2.75, 3.05) is 19.5 Å². The number of benzene rings is 1. The van der Waals surface area contributed by atoms with E-state index < -0.39 is 0 Å². The summed E-state index contributed by atoms with van der Waals surface area (Å²) in [6.45, 7) is 0.439. The van der Waals surface area contributed by atoms with Crippen LogP contribution in [0.2, 0.25) is 0 Å². The number of pyridine rings is 1. The Hall–Kier alpha value is -2.53. The number of ether oxygens (including phenoxy) is 1. The van der Waals surface area contributed by atoms with E-state index in [-0.39, 0.29) is 0 Å². The summed E-state index contributed by atoms with van der Waals surface area (Å²) in [5.41, 5.74) is 1.60. The van der Waals surface area contributed by atoms with Gasteiger partial charge in [0, 0.05) is 31.8 Å². The molecule has 0 aliphatic carbocycles. The van der Waals surface area contributed by atoms with Gasteiger partial charge in [0.1, 0.15) is 11.5 Å². The van der Waals surface area contributed by atoms with Crippen molar-refractivity contribution in [2.45, 2.75) is 6.61 Å². The lowest BCUT2D eigenvalue weighted by molar-refractivity contribution is 0.181. The predicted molar refractivity (Wildman–Crippen MR) is 83.0 cm³/mol. The van der Waals surface area contributed by atoms with Crippen LogP contribution in [-0.2, 0) is 11.3 Å². The quantitative estimate of drug-likeness (QED) is 0.796. The van der Waals surface area contributed by atoms with Gasteiger partial charge in [0.15, 0.2) is 5.82 Å². The van der Waals surface area contributed by atoms with Gasteiger partial charge in [0.2, 0.25) is 0 Å². The highest BCUT2D eigenvalue weighted by Gasteiger charge is 2.11. The first-order chi connectivity index (χ1) is 10.3. The molecule has 1 aromatic carbocycles. The van der Waals surface area contributed by atoms with Crippen molar-refractivity contribution in [3.63, 3.8) is 0 Å². The van der Waals surface area contributed by atoms with Gasteiger partial charge in [-0.25, -0.2) is 9.97 Å². The predicted octanol–water partition coefficient (Wildman–Crippen LogP) is 2.88. The minimum Gasteiger partial charge on any atom is -0.378 e. The summed E-state index contributed by atoms with van der Waals surface area (Å²) in [4.78, 5) is 13.5. The summed E-state index contributed by atoms with van der Waals surface area (Å²) in [6.07, 6.45) is 1.78. The second-order valence-corrected chi connectivity index (χ2v) is 4.63. The molecule has 0 spiro atoms. The number of anilines is 1. The largest absolute Gasteiger partial charge is 0.378 e. The Balaban J connectivity index is 2.20. The van der Waals surface area contributed by atoms with Crippen LogP contribution in [0, 0.1) is 0 Å². The number of nitrogens with one attached hydrogen (secondary N) is 1. The minimum absolute atomic E-state index is 0.439. The average molecular weight is 280 g/mol. The number of hydrogen-bond donors (Lipinski definition) is 1. The number of methoxy groups -OCH3 is 1. The van der Waals surface area contributed by atoms with Crippen LogP contribution >= 0.6 is 0 Å². The third-order valence-electron chi connectivity index (χ3n) is 3.21. The van der Waals surface area contributed by atoms with E-state index >= 15 is 0 Å². The van der Waals surface area contributed by atoms with Crippen molar-refractivity contribution < 1.29 is 4.74 Å². The summed E-state index contributed by atoms with van der Waals surface area (Å²) >= 11 is 0. The van der Waals surface area contributed by atoms with Gasteiger partial charge < -0.3 is 10.1 Å². The molecular weight excluding hydrogens is 264 g/mol. The maximum absolute atomic E-state index is 5.17. The zero-order chi connectivity index (χ0) is 14.7. The molecule has 0 amide bonds. The van der Waals surface area contributed by atoms with E-state index in [0.717, 1.165) is 28.0 Å². The molecule has 0 fully saturated rings. The van der Waals surface area contributed by atoms with E-state index in [2.05, 4.69) is 26.3 Å². The van der Waals surface area contributed by atoms with Gasteiger partial charge >= 0.3 is 0 Å². The molecule has 5 nitrogen and oxygen atoms in total. The van der Waals surface area contributed by atoms with Crippen molar-refractivity contribution in [1.29, 1.82) is 0 Å². The highest BCUT2D eigenvalue weighted by atomic mass is 16.5. The van der Waals surface area contributed by atoms with Crippen molar-refractivity contribution in [1.82, 2.24) is 15.0 Å². The fourth-order valence-electron chi connectivity index (χ4n) is 2.25. The van der Waals surface area contributed by atoms with E-state index in [9.17, 15) is 0 Å². The van der Waals surface area contributed by atoms with Crippen molar-refractivity contribution >= 4 is 16.6 Å². The molecule has 1 N–H and O–H groups in total.